The number of carbonyl (C=O) groups is 2. The molecule has 7 heteroatoms. The molecule has 0 saturated heterocycles. The van der Waals surface area contributed by atoms with Crippen molar-refractivity contribution >= 4 is 22.7 Å². The third-order valence-electron chi connectivity index (χ3n) is 7.80. The number of hydrogen-bond acceptors (Lipinski definition) is 7. The number of methoxy groups -OCH3 is 3. The third kappa shape index (κ3) is 5.13. The zero-order valence-electron chi connectivity index (χ0n) is 22.5. The molecule has 2 aromatic carbocycles. The summed E-state index contributed by atoms with van der Waals surface area (Å²) >= 11 is 0. The first-order chi connectivity index (χ1) is 17.7. The van der Waals surface area contributed by atoms with Gasteiger partial charge in [-0.05, 0) is 54.4 Å². The van der Waals surface area contributed by atoms with Gasteiger partial charge in [-0.1, -0.05) is 45.4 Å². The van der Waals surface area contributed by atoms with E-state index in [0.717, 1.165) is 47.8 Å². The SMILES string of the molecule is CCC(C)(C)C1CCc2nc3ccccc3c(C(=O)OCC(=O)c3cc(OC)c(OC)c(OC)c3)c2C1. The molecule has 0 N–H and O–H groups in total. The smallest absolute Gasteiger partial charge is 0.339 e. The van der Waals surface area contributed by atoms with Crippen LogP contribution in [0.5, 0.6) is 17.2 Å². The Hall–Kier alpha value is -3.61. The van der Waals surface area contributed by atoms with E-state index < -0.39 is 12.6 Å². The van der Waals surface area contributed by atoms with Crippen LogP contribution in [0, 0.1) is 11.3 Å². The zero-order chi connectivity index (χ0) is 26.7. The quantitative estimate of drug-likeness (QED) is 0.267. The summed E-state index contributed by atoms with van der Waals surface area (Å²) in [6, 6.07) is 10.7. The minimum absolute atomic E-state index is 0.146. The monoisotopic (exact) mass is 505 g/mol. The van der Waals surface area contributed by atoms with Crippen molar-refractivity contribution in [3.63, 3.8) is 0 Å². The number of benzene rings is 2. The summed E-state index contributed by atoms with van der Waals surface area (Å²) in [6.45, 7) is 6.36. The Morgan fingerprint density at radius 1 is 1.03 bits per heavy atom. The molecular formula is C30H35NO6. The Kier molecular flexibility index (Phi) is 7.71. The third-order valence-corrected chi connectivity index (χ3v) is 7.80. The summed E-state index contributed by atoms with van der Waals surface area (Å²) < 4.78 is 21.7. The molecule has 0 saturated carbocycles. The van der Waals surface area contributed by atoms with Crippen LogP contribution in [0.2, 0.25) is 0 Å². The Labute approximate surface area is 218 Å². The highest BCUT2D eigenvalue weighted by Crippen LogP contribution is 2.42. The van der Waals surface area contributed by atoms with E-state index in [-0.39, 0.29) is 11.2 Å². The van der Waals surface area contributed by atoms with Gasteiger partial charge < -0.3 is 18.9 Å². The van der Waals surface area contributed by atoms with E-state index in [1.165, 1.54) is 21.3 Å². The largest absolute Gasteiger partial charge is 0.493 e. The van der Waals surface area contributed by atoms with Gasteiger partial charge in [-0.2, -0.15) is 0 Å². The second-order valence-electron chi connectivity index (χ2n) is 10.1. The number of pyridine rings is 1. The van der Waals surface area contributed by atoms with Crippen LogP contribution in [0.15, 0.2) is 36.4 Å². The van der Waals surface area contributed by atoms with E-state index in [4.69, 9.17) is 23.9 Å². The van der Waals surface area contributed by atoms with E-state index >= 15 is 0 Å². The van der Waals surface area contributed by atoms with E-state index in [1.807, 2.05) is 24.3 Å². The molecule has 0 spiro atoms. The highest BCUT2D eigenvalue weighted by Gasteiger charge is 2.34. The summed E-state index contributed by atoms with van der Waals surface area (Å²) in [5.41, 5.74) is 3.62. The Balaban J connectivity index is 1.65. The van der Waals surface area contributed by atoms with Gasteiger partial charge in [-0.3, -0.25) is 9.78 Å². The topological polar surface area (TPSA) is 84.0 Å². The lowest BCUT2D eigenvalue weighted by Crippen LogP contribution is -2.31. The second kappa shape index (κ2) is 10.8. The van der Waals surface area contributed by atoms with Gasteiger partial charge in [0.25, 0.3) is 0 Å². The maximum Gasteiger partial charge on any atom is 0.339 e. The second-order valence-corrected chi connectivity index (χ2v) is 10.1. The van der Waals surface area contributed by atoms with E-state index in [9.17, 15) is 9.59 Å². The van der Waals surface area contributed by atoms with Crippen molar-refractivity contribution in [1.29, 1.82) is 0 Å². The van der Waals surface area contributed by atoms with Crippen molar-refractivity contribution < 1.29 is 28.5 Å². The standard InChI is InChI=1S/C30H35NO6/c1-7-30(2,3)19-12-13-23-21(16-19)27(20-10-8-9-11-22(20)31-23)29(33)37-17-24(32)18-14-25(34-4)28(36-6)26(15-18)35-5/h8-11,14-15,19H,7,12-13,16-17H2,1-6H3. The number of rotatable bonds is 9. The highest BCUT2D eigenvalue weighted by molar-refractivity contribution is 6.06. The van der Waals surface area contributed by atoms with Crippen LogP contribution in [0.1, 0.15) is 65.6 Å². The van der Waals surface area contributed by atoms with Gasteiger partial charge in [-0.25, -0.2) is 4.79 Å². The number of Topliss-reactive ketones (excluding diaryl/α,β-unsaturated/α-hetero) is 1. The fraction of sp³-hybridized carbons (Fsp3) is 0.433. The van der Waals surface area contributed by atoms with Crippen molar-refractivity contribution in [2.45, 2.75) is 46.5 Å². The molecule has 7 nitrogen and oxygen atoms in total. The fourth-order valence-corrected chi connectivity index (χ4v) is 5.11. The molecule has 0 radical (unpaired) electrons. The summed E-state index contributed by atoms with van der Waals surface area (Å²) in [4.78, 5) is 31.5. The number of hydrogen-bond donors (Lipinski definition) is 0. The van der Waals surface area contributed by atoms with Crippen molar-refractivity contribution in [3.05, 3.63) is 58.8 Å². The fourth-order valence-electron chi connectivity index (χ4n) is 5.11. The molecule has 1 atom stereocenters. The summed E-state index contributed by atoms with van der Waals surface area (Å²) in [5, 5.41) is 0.751. The molecule has 4 rings (SSSR count). The number of nitrogens with zero attached hydrogens (tertiary/aromatic N) is 1. The Morgan fingerprint density at radius 2 is 1.70 bits per heavy atom. The molecule has 0 bridgehead atoms. The molecule has 1 heterocycles. The molecule has 1 aromatic heterocycles. The van der Waals surface area contributed by atoms with Gasteiger partial charge in [-0.15, -0.1) is 0 Å². The molecule has 37 heavy (non-hydrogen) atoms. The normalized spacial score (nSPS) is 15.1. The van der Waals surface area contributed by atoms with Crippen LogP contribution in [0.4, 0.5) is 0 Å². The molecule has 1 unspecified atom stereocenters. The highest BCUT2D eigenvalue weighted by atomic mass is 16.5. The first-order valence-electron chi connectivity index (χ1n) is 12.6. The van der Waals surface area contributed by atoms with E-state index in [2.05, 4.69) is 20.8 Å². The lowest BCUT2D eigenvalue weighted by atomic mass is 9.68. The molecule has 1 aliphatic rings. The summed E-state index contributed by atoms with van der Waals surface area (Å²) in [7, 11) is 4.46. The van der Waals surface area contributed by atoms with Gasteiger partial charge in [0.1, 0.15) is 0 Å². The number of ether oxygens (including phenoxy) is 4. The average molecular weight is 506 g/mol. The van der Waals surface area contributed by atoms with Gasteiger partial charge in [0, 0.05) is 16.6 Å². The van der Waals surface area contributed by atoms with Crippen LogP contribution in [-0.4, -0.2) is 44.7 Å². The minimum Gasteiger partial charge on any atom is -0.493 e. The van der Waals surface area contributed by atoms with E-state index in [0.29, 0.717) is 34.3 Å². The number of fused-ring (bicyclic) bond motifs is 2. The van der Waals surface area contributed by atoms with E-state index in [1.54, 1.807) is 12.1 Å². The summed E-state index contributed by atoms with van der Waals surface area (Å²) in [5.74, 6) is 0.652. The molecule has 196 valence electrons. The molecule has 0 fully saturated rings. The Bertz CT molecular complexity index is 1300. The van der Waals surface area contributed by atoms with Gasteiger partial charge in [0.05, 0.1) is 32.4 Å². The predicted molar refractivity (Wildman–Crippen MR) is 142 cm³/mol. The molecular weight excluding hydrogens is 470 g/mol. The minimum atomic E-state index is -0.509. The number of esters is 1. The van der Waals surface area contributed by atoms with Crippen LogP contribution in [0.25, 0.3) is 10.9 Å². The molecule has 0 aliphatic heterocycles. The van der Waals surface area contributed by atoms with Crippen LogP contribution in [0.3, 0.4) is 0 Å². The lowest BCUT2D eigenvalue weighted by Gasteiger charge is -2.37. The van der Waals surface area contributed by atoms with Gasteiger partial charge in [0.2, 0.25) is 11.5 Å². The molecule has 0 amide bonds. The maximum absolute atomic E-state index is 13.6. The molecule has 3 aromatic rings. The number of ketones is 1. The van der Waals surface area contributed by atoms with Crippen LogP contribution in [-0.2, 0) is 17.6 Å². The lowest BCUT2D eigenvalue weighted by molar-refractivity contribution is 0.0474. The van der Waals surface area contributed by atoms with Crippen LogP contribution < -0.4 is 14.2 Å². The van der Waals surface area contributed by atoms with Crippen LogP contribution >= 0.6 is 0 Å². The van der Waals surface area contributed by atoms with Gasteiger partial charge in [0.15, 0.2) is 18.1 Å². The van der Waals surface area contributed by atoms with Crippen molar-refractivity contribution in [2.24, 2.45) is 11.3 Å². The number of para-hydroxylation sites is 1. The maximum atomic E-state index is 13.6. The van der Waals surface area contributed by atoms with Crippen molar-refractivity contribution in [2.75, 3.05) is 27.9 Å². The predicted octanol–water partition coefficient (Wildman–Crippen LogP) is 5.84. The first kappa shape index (κ1) is 26.5. The first-order valence-corrected chi connectivity index (χ1v) is 12.6. The van der Waals surface area contributed by atoms with Crippen molar-refractivity contribution in [1.82, 2.24) is 4.98 Å². The van der Waals surface area contributed by atoms with Gasteiger partial charge >= 0.3 is 5.97 Å². The van der Waals surface area contributed by atoms with Crippen molar-refractivity contribution in [3.8, 4) is 17.2 Å². The number of aryl methyl sites for hydroxylation is 1. The zero-order valence-corrected chi connectivity index (χ0v) is 22.5. The number of carbonyl (C=O) groups excluding carboxylic acids is 2. The average Bonchev–Trinajstić information content (AvgIpc) is 2.92. The Morgan fingerprint density at radius 3 is 2.32 bits per heavy atom. The molecule has 1 aliphatic carbocycles. The number of aromatic nitrogens is 1. The summed E-state index contributed by atoms with van der Waals surface area (Å²) in [6.07, 6.45) is 3.67.